The molecule has 7 nitrogen and oxygen atoms in total. The molecule has 4 rings (SSSR count). The highest BCUT2D eigenvalue weighted by Gasteiger charge is 2.27. The van der Waals surface area contributed by atoms with Gasteiger partial charge in [0.2, 0.25) is 22.8 Å². The molecular formula is C19H21N5O2S. The normalized spacial score (nSPS) is 13.9. The maximum absolute atomic E-state index is 12.1. The summed E-state index contributed by atoms with van der Waals surface area (Å²) in [5, 5.41) is 16.5. The highest BCUT2D eigenvalue weighted by atomic mass is 32.1. The molecule has 1 aliphatic carbocycles. The fourth-order valence-electron chi connectivity index (χ4n) is 2.67. The second kappa shape index (κ2) is 7.56. The molecule has 2 aromatic heterocycles. The van der Waals surface area contributed by atoms with E-state index in [9.17, 15) is 4.79 Å². The number of rotatable bonds is 7. The Balaban J connectivity index is 1.31. The molecule has 140 valence electrons. The number of benzene rings is 1. The molecule has 0 saturated heterocycles. The molecule has 0 spiro atoms. The van der Waals surface area contributed by atoms with Crippen LogP contribution in [0.2, 0.25) is 0 Å². The Kier molecular flexibility index (Phi) is 4.98. The van der Waals surface area contributed by atoms with Gasteiger partial charge >= 0.3 is 0 Å². The lowest BCUT2D eigenvalue weighted by atomic mass is 10.0. The van der Waals surface area contributed by atoms with Gasteiger partial charge in [-0.25, -0.2) is 0 Å². The van der Waals surface area contributed by atoms with Crippen LogP contribution >= 0.6 is 11.3 Å². The number of anilines is 1. The van der Waals surface area contributed by atoms with Gasteiger partial charge in [0.15, 0.2) is 0 Å². The van der Waals surface area contributed by atoms with Crippen LogP contribution < -0.4 is 5.32 Å². The Morgan fingerprint density at radius 2 is 2.04 bits per heavy atom. The Labute approximate surface area is 161 Å². The van der Waals surface area contributed by atoms with Crippen molar-refractivity contribution in [2.45, 2.75) is 51.4 Å². The van der Waals surface area contributed by atoms with E-state index in [-0.39, 0.29) is 12.3 Å². The summed E-state index contributed by atoms with van der Waals surface area (Å²) in [4.78, 5) is 16.5. The van der Waals surface area contributed by atoms with Crippen molar-refractivity contribution in [1.82, 2.24) is 20.3 Å². The molecule has 0 atom stereocenters. The van der Waals surface area contributed by atoms with Gasteiger partial charge in [0, 0.05) is 24.3 Å². The second-order valence-corrected chi connectivity index (χ2v) is 8.07. The van der Waals surface area contributed by atoms with Crippen molar-refractivity contribution >= 4 is 22.4 Å². The van der Waals surface area contributed by atoms with Crippen LogP contribution in [0.25, 0.3) is 11.4 Å². The standard InChI is InChI=1S/C19H21N5O2S/c1-11(2)12-3-5-13(6-4-12)17-21-16(26-24-17)10-9-15(25)20-19-23-22-18(27-19)14-7-8-14/h3-6,11,14H,7-10H2,1-2H3,(H,20,23,25). The van der Waals surface area contributed by atoms with E-state index in [4.69, 9.17) is 4.52 Å². The van der Waals surface area contributed by atoms with Crippen LogP contribution in [0.3, 0.4) is 0 Å². The topological polar surface area (TPSA) is 93.8 Å². The maximum atomic E-state index is 12.1. The zero-order chi connectivity index (χ0) is 18.8. The monoisotopic (exact) mass is 383 g/mol. The molecule has 0 aliphatic heterocycles. The maximum Gasteiger partial charge on any atom is 0.227 e. The van der Waals surface area contributed by atoms with E-state index in [2.05, 4.69) is 51.6 Å². The van der Waals surface area contributed by atoms with E-state index in [1.165, 1.54) is 29.7 Å². The Morgan fingerprint density at radius 3 is 2.74 bits per heavy atom. The first-order chi connectivity index (χ1) is 13.1. The van der Waals surface area contributed by atoms with Gasteiger partial charge in [0.1, 0.15) is 5.01 Å². The van der Waals surface area contributed by atoms with Crippen molar-refractivity contribution in [3.8, 4) is 11.4 Å². The van der Waals surface area contributed by atoms with E-state index < -0.39 is 0 Å². The third-order valence-electron chi connectivity index (χ3n) is 4.48. The highest BCUT2D eigenvalue weighted by molar-refractivity contribution is 7.15. The summed E-state index contributed by atoms with van der Waals surface area (Å²) < 4.78 is 5.27. The molecule has 3 aromatic rings. The van der Waals surface area contributed by atoms with E-state index in [0.29, 0.717) is 35.1 Å². The summed E-state index contributed by atoms with van der Waals surface area (Å²) in [6, 6.07) is 8.12. The number of nitrogens with one attached hydrogen (secondary N) is 1. The van der Waals surface area contributed by atoms with Crippen LogP contribution in [-0.4, -0.2) is 26.2 Å². The Bertz CT molecular complexity index is 928. The molecule has 0 radical (unpaired) electrons. The molecule has 1 saturated carbocycles. The summed E-state index contributed by atoms with van der Waals surface area (Å²) in [5.41, 5.74) is 2.17. The Morgan fingerprint density at radius 1 is 1.26 bits per heavy atom. The number of nitrogens with zero attached hydrogens (tertiary/aromatic N) is 4. The van der Waals surface area contributed by atoms with Gasteiger partial charge in [0.25, 0.3) is 0 Å². The predicted octanol–water partition coefficient (Wildman–Crippen LogP) is 4.16. The minimum absolute atomic E-state index is 0.130. The summed E-state index contributed by atoms with van der Waals surface area (Å²) in [6.45, 7) is 4.31. The number of aryl methyl sites for hydroxylation is 1. The van der Waals surface area contributed by atoms with Crippen LogP contribution in [0.15, 0.2) is 28.8 Å². The lowest BCUT2D eigenvalue weighted by molar-refractivity contribution is -0.116. The molecule has 1 aromatic carbocycles. The van der Waals surface area contributed by atoms with Gasteiger partial charge in [-0.05, 0) is 24.3 Å². The number of carbonyl (C=O) groups is 1. The first-order valence-electron chi connectivity index (χ1n) is 9.14. The van der Waals surface area contributed by atoms with Crippen LogP contribution in [0.5, 0.6) is 0 Å². The highest BCUT2D eigenvalue weighted by Crippen LogP contribution is 2.42. The fraction of sp³-hybridized carbons (Fsp3) is 0.421. The molecule has 1 N–H and O–H groups in total. The van der Waals surface area contributed by atoms with E-state index in [0.717, 1.165) is 10.6 Å². The van der Waals surface area contributed by atoms with Crippen LogP contribution in [0, 0.1) is 0 Å². The molecular weight excluding hydrogens is 362 g/mol. The number of hydrogen-bond acceptors (Lipinski definition) is 7. The van der Waals surface area contributed by atoms with Gasteiger partial charge in [-0.2, -0.15) is 4.98 Å². The molecule has 0 bridgehead atoms. The van der Waals surface area contributed by atoms with Crippen LogP contribution in [0.1, 0.15) is 61.4 Å². The first-order valence-corrected chi connectivity index (χ1v) is 9.96. The fourth-order valence-corrected chi connectivity index (χ4v) is 3.60. The third-order valence-corrected chi connectivity index (χ3v) is 5.48. The molecule has 2 heterocycles. The van der Waals surface area contributed by atoms with Crippen molar-refractivity contribution in [3.63, 3.8) is 0 Å². The van der Waals surface area contributed by atoms with Crippen molar-refractivity contribution < 1.29 is 9.32 Å². The van der Waals surface area contributed by atoms with Crippen LogP contribution in [-0.2, 0) is 11.2 Å². The molecule has 1 amide bonds. The molecule has 1 aliphatic rings. The number of carbonyl (C=O) groups excluding carboxylic acids is 1. The zero-order valence-electron chi connectivity index (χ0n) is 15.3. The zero-order valence-corrected chi connectivity index (χ0v) is 16.1. The summed E-state index contributed by atoms with van der Waals surface area (Å²) in [6.07, 6.45) is 2.98. The quantitative estimate of drug-likeness (QED) is 0.658. The lowest BCUT2D eigenvalue weighted by Gasteiger charge is -2.04. The minimum atomic E-state index is -0.130. The largest absolute Gasteiger partial charge is 0.339 e. The summed E-state index contributed by atoms with van der Waals surface area (Å²) in [7, 11) is 0. The van der Waals surface area contributed by atoms with Gasteiger partial charge in [-0.15, -0.1) is 10.2 Å². The average molecular weight is 383 g/mol. The molecule has 1 fully saturated rings. The Hall–Kier alpha value is -2.61. The van der Waals surface area contributed by atoms with Crippen molar-refractivity contribution in [3.05, 3.63) is 40.7 Å². The molecule has 8 heteroatoms. The van der Waals surface area contributed by atoms with Gasteiger partial charge in [0.05, 0.1) is 0 Å². The van der Waals surface area contributed by atoms with Gasteiger partial charge in [-0.1, -0.05) is 54.6 Å². The van der Waals surface area contributed by atoms with E-state index in [1.807, 2.05) is 12.1 Å². The first kappa shape index (κ1) is 17.8. The third kappa shape index (κ3) is 4.39. The minimum Gasteiger partial charge on any atom is -0.339 e. The lowest BCUT2D eigenvalue weighted by Crippen LogP contribution is -2.12. The number of hydrogen-bond donors (Lipinski definition) is 1. The van der Waals surface area contributed by atoms with Crippen molar-refractivity contribution in [2.24, 2.45) is 0 Å². The van der Waals surface area contributed by atoms with Crippen LogP contribution in [0.4, 0.5) is 5.13 Å². The number of amides is 1. The summed E-state index contributed by atoms with van der Waals surface area (Å²) in [5.74, 6) is 1.88. The predicted molar refractivity (Wildman–Crippen MR) is 103 cm³/mol. The second-order valence-electron chi connectivity index (χ2n) is 7.06. The average Bonchev–Trinajstić information content (AvgIpc) is 3.23. The van der Waals surface area contributed by atoms with Crippen molar-refractivity contribution in [1.29, 1.82) is 0 Å². The molecule has 0 unspecified atom stereocenters. The van der Waals surface area contributed by atoms with E-state index >= 15 is 0 Å². The van der Waals surface area contributed by atoms with Gasteiger partial charge in [-0.3, -0.25) is 4.79 Å². The van der Waals surface area contributed by atoms with Gasteiger partial charge < -0.3 is 9.84 Å². The summed E-state index contributed by atoms with van der Waals surface area (Å²) >= 11 is 1.45. The van der Waals surface area contributed by atoms with Crippen molar-refractivity contribution in [2.75, 3.05) is 5.32 Å². The smallest absolute Gasteiger partial charge is 0.227 e. The SMILES string of the molecule is CC(C)c1ccc(-c2noc(CCC(=O)Nc3nnc(C4CC4)s3)n2)cc1. The molecule has 27 heavy (non-hydrogen) atoms. The van der Waals surface area contributed by atoms with E-state index in [1.54, 1.807) is 0 Å². The number of aromatic nitrogens is 4.